The highest BCUT2D eigenvalue weighted by atomic mass is 32.2. The van der Waals surface area contributed by atoms with Gasteiger partial charge in [-0.05, 0) is 23.7 Å². The molecule has 0 aliphatic heterocycles. The number of carboxylic acids is 1. The maximum absolute atomic E-state index is 11.1. The molecule has 3 heteroatoms. The van der Waals surface area contributed by atoms with Gasteiger partial charge in [-0.2, -0.15) is 11.8 Å². The normalized spacial score (nSPS) is 13.6. The molecule has 0 radical (unpaired) electrons. The highest BCUT2D eigenvalue weighted by Crippen LogP contribution is 2.33. The summed E-state index contributed by atoms with van der Waals surface area (Å²) in [7, 11) is 0. The van der Waals surface area contributed by atoms with Gasteiger partial charge in [0.1, 0.15) is 0 Å². The molecule has 0 heterocycles. The quantitative estimate of drug-likeness (QED) is 0.379. The molecule has 1 aromatic rings. The van der Waals surface area contributed by atoms with E-state index >= 15 is 0 Å². The summed E-state index contributed by atoms with van der Waals surface area (Å²) in [5.41, 5.74) is 1.14. The highest BCUT2D eigenvalue weighted by Gasteiger charge is 2.15. The topological polar surface area (TPSA) is 37.3 Å². The van der Waals surface area contributed by atoms with Gasteiger partial charge in [0.05, 0.1) is 6.42 Å². The molecule has 2 unspecified atom stereocenters. The number of unbranched alkanes of at least 4 members (excludes halogenated alkanes) is 2. The lowest BCUT2D eigenvalue weighted by Gasteiger charge is -2.17. The Morgan fingerprint density at radius 2 is 1.71 bits per heavy atom. The van der Waals surface area contributed by atoms with Crippen LogP contribution in [0.1, 0.15) is 82.4 Å². The third-order valence-corrected chi connectivity index (χ3v) is 5.89. The van der Waals surface area contributed by atoms with Crippen molar-refractivity contribution < 1.29 is 9.90 Å². The van der Waals surface area contributed by atoms with E-state index in [0.29, 0.717) is 0 Å². The van der Waals surface area contributed by atoms with Crippen LogP contribution >= 0.6 is 11.8 Å². The molecule has 0 bridgehead atoms. The summed E-state index contributed by atoms with van der Waals surface area (Å²) in [6.07, 6.45) is 10.7. The van der Waals surface area contributed by atoms with Gasteiger partial charge in [0.15, 0.2) is 0 Å². The Labute approximate surface area is 152 Å². The lowest BCUT2D eigenvalue weighted by Crippen LogP contribution is -2.04. The molecule has 0 aliphatic rings. The molecule has 0 spiro atoms. The zero-order chi connectivity index (χ0) is 17.6. The molecule has 0 amide bonds. The number of carboxylic acid groups (broad SMARTS) is 1. The van der Waals surface area contributed by atoms with E-state index in [1.165, 1.54) is 51.4 Å². The van der Waals surface area contributed by atoms with Gasteiger partial charge in [0, 0.05) is 5.25 Å². The van der Waals surface area contributed by atoms with E-state index in [4.69, 9.17) is 5.11 Å². The molecule has 0 saturated heterocycles. The zero-order valence-electron chi connectivity index (χ0n) is 15.4. The van der Waals surface area contributed by atoms with E-state index in [1.54, 1.807) is 11.8 Å². The average molecular weight is 351 g/mol. The number of hydrogen-bond acceptors (Lipinski definition) is 2. The van der Waals surface area contributed by atoms with Gasteiger partial charge >= 0.3 is 5.97 Å². The van der Waals surface area contributed by atoms with Gasteiger partial charge in [0.2, 0.25) is 0 Å². The first-order valence-electron chi connectivity index (χ1n) is 9.55. The van der Waals surface area contributed by atoms with Crippen molar-refractivity contribution in [3.63, 3.8) is 0 Å². The van der Waals surface area contributed by atoms with Gasteiger partial charge in [-0.15, -0.1) is 0 Å². The monoisotopic (exact) mass is 350 g/mol. The largest absolute Gasteiger partial charge is 0.481 e. The summed E-state index contributed by atoms with van der Waals surface area (Å²) < 4.78 is 0. The van der Waals surface area contributed by atoms with Crippen LogP contribution in [0.25, 0.3) is 0 Å². The first-order valence-corrected chi connectivity index (χ1v) is 10.6. The van der Waals surface area contributed by atoms with Crippen LogP contribution in [0.3, 0.4) is 0 Å². The van der Waals surface area contributed by atoms with Crippen LogP contribution in [-0.2, 0) is 4.79 Å². The van der Waals surface area contributed by atoms with Gasteiger partial charge in [-0.25, -0.2) is 0 Å². The van der Waals surface area contributed by atoms with E-state index in [9.17, 15) is 4.79 Å². The molecule has 2 atom stereocenters. The van der Waals surface area contributed by atoms with E-state index < -0.39 is 5.97 Å². The van der Waals surface area contributed by atoms with Crippen molar-refractivity contribution in [1.82, 2.24) is 0 Å². The molecule has 0 saturated carbocycles. The highest BCUT2D eigenvalue weighted by molar-refractivity contribution is 7.99. The van der Waals surface area contributed by atoms with Gasteiger partial charge in [-0.3, -0.25) is 4.79 Å². The summed E-state index contributed by atoms with van der Waals surface area (Å²) in [5, 5.41) is 9.23. The molecule has 1 N–H and O–H groups in total. The minimum absolute atomic E-state index is 0.0789. The Kier molecular flexibility index (Phi) is 11.7. The number of hydrogen-bond donors (Lipinski definition) is 1. The molecule has 1 aromatic carbocycles. The second-order valence-corrected chi connectivity index (χ2v) is 7.97. The van der Waals surface area contributed by atoms with E-state index in [-0.39, 0.29) is 11.7 Å². The molecule has 24 heavy (non-hydrogen) atoms. The maximum Gasteiger partial charge on any atom is 0.304 e. The molecule has 1 rings (SSSR count). The molecule has 2 nitrogen and oxygen atoms in total. The molecule has 0 fully saturated rings. The smallest absolute Gasteiger partial charge is 0.304 e. The average Bonchev–Trinajstić information content (AvgIpc) is 2.58. The van der Waals surface area contributed by atoms with Crippen LogP contribution in [0.4, 0.5) is 0 Å². The van der Waals surface area contributed by atoms with Crippen LogP contribution in [0, 0.1) is 5.92 Å². The Hall–Kier alpha value is -0.960. The zero-order valence-corrected chi connectivity index (χ0v) is 16.2. The Bertz CT molecular complexity index is 433. The van der Waals surface area contributed by atoms with Crippen LogP contribution in [0.2, 0.25) is 0 Å². The SMILES string of the molecule is CCCCC(CCC)CCCCSC(CC(=O)O)c1ccccc1. The van der Waals surface area contributed by atoms with Crippen LogP contribution in [0.5, 0.6) is 0 Å². The van der Waals surface area contributed by atoms with Crippen molar-refractivity contribution >= 4 is 17.7 Å². The molecular formula is C21H34O2S. The fraction of sp³-hybridized carbons (Fsp3) is 0.667. The van der Waals surface area contributed by atoms with Gasteiger partial charge in [-0.1, -0.05) is 89.1 Å². The third kappa shape index (κ3) is 9.36. The van der Waals surface area contributed by atoms with Crippen molar-refractivity contribution in [1.29, 1.82) is 0 Å². The van der Waals surface area contributed by atoms with Crippen LogP contribution in [0.15, 0.2) is 30.3 Å². The van der Waals surface area contributed by atoms with Crippen molar-refractivity contribution in [2.75, 3.05) is 5.75 Å². The summed E-state index contributed by atoms with van der Waals surface area (Å²) in [6, 6.07) is 10.1. The van der Waals surface area contributed by atoms with E-state index in [1.807, 2.05) is 30.3 Å². The number of thioether (sulfide) groups is 1. The Morgan fingerprint density at radius 1 is 1.00 bits per heavy atom. The van der Waals surface area contributed by atoms with E-state index in [0.717, 1.165) is 17.2 Å². The van der Waals surface area contributed by atoms with Gasteiger partial charge in [0.25, 0.3) is 0 Å². The van der Waals surface area contributed by atoms with Crippen molar-refractivity contribution in [3.8, 4) is 0 Å². The summed E-state index contributed by atoms with van der Waals surface area (Å²) >= 11 is 1.81. The number of carbonyl (C=O) groups is 1. The Balaban J connectivity index is 2.33. The van der Waals surface area contributed by atoms with Gasteiger partial charge < -0.3 is 5.11 Å². The number of benzene rings is 1. The van der Waals surface area contributed by atoms with Crippen LogP contribution in [-0.4, -0.2) is 16.8 Å². The summed E-state index contributed by atoms with van der Waals surface area (Å²) in [6.45, 7) is 4.55. The van der Waals surface area contributed by atoms with Crippen molar-refractivity contribution in [3.05, 3.63) is 35.9 Å². The van der Waals surface area contributed by atoms with Crippen molar-refractivity contribution in [2.45, 2.75) is 76.9 Å². The number of rotatable bonds is 14. The maximum atomic E-state index is 11.1. The van der Waals surface area contributed by atoms with E-state index in [2.05, 4.69) is 13.8 Å². The van der Waals surface area contributed by atoms with Crippen molar-refractivity contribution in [2.24, 2.45) is 5.92 Å². The minimum Gasteiger partial charge on any atom is -0.481 e. The van der Waals surface area contributed by atoms with Crippen LogP contribution < -0.4 is 0 Å². The predicted molar refractivity (Wildman–Crippen MR) is 106 cm³/mol. The summed E-state index contributed by atoms with van der Waals surface area (Å²) in [4.78, 5) is 11.1. The molecule has 0 aliphatic carbocycles. The third-order valence-electron chi connectivity index (χ3n) is 4.52. The lowest BCUT2D eigenvalue weighted by atomic mass is 9.92. The fourth-order valence-electron chi connectivity index (χ4n) is 3.19. The first-order chi connectivity index (χ1) is 11.7. The molecular weight excluding hydrogens is 316 g/mol. The first kappa shape index (κ1) is 21.1. The fourth-order valence-corrected chi connectivity index (χ4v) is 4.46. The second-order valence-electron chi connectivity index (χ2n) is 6.66. The lowest BCUT2D eigenvalue weighted by molar-refractivity contribution is -0.137. The number of aliphatic carboxylic acids is 1. The minimum atomic E-state index is -0.709. The molecule has 0 aromatic heterocycles. The second kappa shape index (κ2) is 13.3. The predicted octanol–water partition coefficient (Wildman–Crippen LogP) is 6.71. The summed E-state index contributed by atoms with van der Waals surface area (Å²) in [5.74, 6) is 1.24. The Morgan fingerprint density at radius 3 is 2.33 bits per heavy atom. The molecule has 136 valence electrons. The standard InChI is InChI=1S/C21H34O2S/c1-3-5-12-18(11-4-2)13-9-10-16-24-20(17-21(22)23)19-14-7-6-8-15-19/h6-8,14-15,18,20H,3-5,9-13,16-17H2,1-2H3,(H,22,23).